The SMILES string of the molecule is CCC(CN)Cc1nc(-c2cc(OC)cc(OC)c2)no1. The molecule has 1 unspecified atom stereocenters. The minimum Gasteiger partial charge on any atom is -0.497 e. The van der Waals surface area contributed by atoms with Crippen LogP contribution in [0.25, 0.3) is 11.4 Å². The molecule has 0 saturated heterocycles. The van der Waals surface area contributed by atoms with Gasteiger partial charge in [0.2, 0.25) is 11.7 Å². The molecular formula is C15H21N3O3. The molecule has 21 heavy (non-hydrogen) atoms. The van der Waals surface area contributed by atoms with Crippen molar-refractivity contribution in [2.45, 2.75) is 19.8 Å². The number of benzene rings is 1. The summed E-state index contributed by atoms with van der Waals surface area (Å²) >= 11 is 0. The maximum Gasteiger partial charge on any atom is 0.227 e. The van der Waals surface area contributed by atoms with Crippen molar-refractivity contribution in [3.8, 4) is 22.9 Å². The Kier molecular flexibility index (Phi) is 5.16. The van der Waals surface area contributed by atoms with Crippen LogP contribution in [0.3, 0.4) is 0 Å². The van der Waals surface area contributed by atoms with Crippen LogP contribution >= 0.6 is 0 Å². The first-order valence-corrected chi connectivity index (χ1v) is 6.96. The molecule has 2 rings (SSSR count). The summed E-state index contributed by atoms with van der Waals surface area (Å²) < 4.78 is 15.8. The van der Waals surface area contributed by atoms with E-state index in [4.69, 9.17) is 19.7 Å². The van der Waals surface area contributed by atoms with Crippen LogP contribution in [0.2, 0.25) is 0 Å². The normalized spacial score (nSPS) is 12.2. The van der Waals surface area contributed by atoms with Crippen molar-refractivity contribution in [2.24, 2.45) is 11.7 Å². The molecule has 0 aliphatic carbocycles. The standard InChI is InChI=1S/C15H21N3O3/c1-4-10(9-16)5-14-17-15(18-21-14)11-6-12(19-2)8-13(7-11)20-3/h6-8,10H,4-5,9,16H2,1-3H3. The molecule has 0 spiro atoms. The van der Waals surface area contributed by atoms with Gasteiger partial charge in [-0.1, -0.05) is 18.5 Å². The maximum absolute atomic E-state index is 5.70. The van der Waals surface area contributed by atoms with Gasteiger partial charge in [-0.3, -0.25) is 0 Å². The molecule has 2 N–H and O–H groups in total. The summed E-state index contributed by atoms with van der Waals surface area (Å²) in [5.41, 5.74) is 6.50. The quantitative estimate of drug-likeness (QED) is 0.842. The number of rotatable bonds is 7. The van der Waals surface area contributed by atoms with Gasteiger partial charge in [0.15, 0.2) is 0 Å². The number of aromatic nitrogens is 2. The fourth-order valence-corrected chi connectivity index (χ4v) is 2.03. The van der Waals surface area contributed by atoms with Crippen molar-refractivity contribution in [3.05, 3.63) is 24.1 Å². The molecule has 1 aromatic heterocycles. The van der Waals surface area contributed by atoms with E-state index in [1.165, 1.54) is 0 Å². The lowest BCUT2D eigenvalue weighted by Gasteiger charge is -2.07. The molecule has 0 fully saturated rings. The zero-order valence-corrected chi connectivity index (χ0v) is 12.6. The van der Waals surface area contributed by atoms with Gasteiger partial charge in [0, 0.05) is 18.1 Å². The summed E-state index contributed by atoms with van der Waals surface area (Å²) in [6.07, 6.45) is 1.68. The van der Waals surface area contributed by atoms with Gasteiger partial charge >= 0.3 is 0 Å². The van der Waals surface area contributed by atoms with E-state index in [1.54, 1.807) is 20.3 Å². The summed E-state index contributed by atoms with van der Waals surface area (Å²) in [7, 11) is 3.21. The molecule has 2 aromatic rings. The Bertz CT molecular complexity index is 557. The highest BCUT2D eigenvalue weighted by Crippen LogP contribution is 2.28. The molecule has 1 atom stereocenters. The predicted molar refractivity (Wildman–Crippen MR) is 79.4 cm³/mol. The first kappa shape index (κ1) is 15.3. The van der Waals surface area contributed by atoms with E-state index in [1.807, 2.05) is 12.1 Å². The van der Waals surface area contributed by atoms with Gasteiger partial charge in [-0.05, 0) is 24.6 Å². The van der Waals surface area contributed by atoms with Crippen LogP contribution in [0.5, 0.6) is 11.5 Å². The van der Waals surface area contributed by atoms with Crippen LogP contribution in [0.4, 0.5) is 0 Å². The van der Waals surface area contributed by atoms with Crippen LogP contribution in [0.15, 0.2) is 22.7 Å². The van der Waals surface area contributed by atoms with Gasteiger partial charge in [-0.2, -0.15) is 4.98 Å². The molecule has 6 heteroatoms. The van der Waals surface area contributed by atoms with Crippen LogP contribution < -0.4 is 15.2 Å². The second-order valence-electron chi connectivity index (χ2n) is 4.83. The first-order valence-electron chi connectivity index (χ1n) is 6.96. The molecular weight excluding hydrogens is 270 g/mol. The van der Waals surface area contributed by atoms with Gasteiger partial charge < -0.3 is 19.7 Å². The van der Waals surface area contributed by atoms with E-state index in [9.17, 15) is 0 Å². The average molecular weight is 291 g/mol. The predicted octanol–water partition coefficient (Wildman–Crippen LogP) is 2.28. The van der Waals surface area contributed by atoms with Gasteiger partial charge in [0.25, 0.3) is 0 Å². The number of nitrogens with zero attached hydrogens (tertiary/aromatic N) is 2. The number of ether oxygens (including phenoxy) is 2. The summed E-state index contributed by atoms with van der Waals surface area (Å²) in [4.78, 5) is 4.42. The van der Waals surface area contributed by atoms with Crippen molar-refractivity contribution in [1.29, 1.82) is 0 Å². The number of hydrogen-bond acceptors (Lipinski definition) is 6. The van der Waals surface area contributed by atoms with Crippen molar-refractivity contribution >= 4 is 0 Å². The lowest BCUT2D eigenvalue weighted by Crippen LogP contribution is -2.15. The Balaban J connectivity index is 2.24. The first-order chi connectivity index (χ1) is 10.2. The van der Waals surface area contributed by atoms with E-state index in [0.717, 1.165) is 12.0 Å². The van der Waals surface area contributed by atoms with E-state index in [-0.39, 0.29) is 0 Å². The molecule has 114 valence electrons. The van der Waals surface area contributed by atoms with E-state index >= 15 is 0 Å². The van der Waals surface area contributed by atoms with Crippen molar-refractivity contribution in [3.63, 3.8) is 0 Å². The third kappa shape index (κ3) is 3.72. The molecule has 0 radical (unpaired) electrons. The van der Waals surface area contributed by atoms with Crippen LogP contribution in [-0.2, 0) is 6.42 Å². The summed E-state index contributed by atoms with van der Waals surface area (Å²) in [5, 5.41) is 4.02. The monoisotopic (exact) mass is 291 g/mol. The van der Waals surface area contributed by atoms with E-state index in [2.05, 4.69) is 17.1 Å². The number of methoxy groups -OCH3 is 2. The Labute approximate surface area is 124 Å². The largest absolute Gasteiger partial charge is 0.497 e. The third-order valence-corrected chi connectivity index (χ3v) is 3.45. The van der Waals surface area contributed by atoms with Crippen LogP contribution in [0.1, 0.15) is 19.2 Å². The Morgan fingerprint density at radius 2 is 1.86 bits per heavy atom. The Hall–Kier alpha value is -2.08. The van der Waals surface area contributed by atoms with E-state index < -0.39 is 0 Å². The molecule has 0 bridgehead atoms. The molecule has 0 aliphatic rings. The summed E-state index contributed by atoms with van der Waals surface area (Å²) in [6.45, 7) is 2.71. The van der Waals surface area contributed by atoms with Gasteiger partial charge in [-0.15, -0.1) is 0 Å². The minimum atomic E-state index is 0.359. The van der Waals surface area contributed by atoms with E-state index in [0.29, 0.717) is 42.1 Å². The maximum atomic E-state index is 5.70. The van der Waals surface area contributed by atoms with Crippen molar-refractivity contribution < 1.29 is 14.0 Å². The number of hydrogen-bond donors (Lipinski definition) is 1. The highest BCUT2D eigenvalue weighted by molar-refractivity contribution is 5.60. The molecule has 0 saturated carbocycles. The summed E-state index contributed by atoms with van der Waals surface area (Å²) in [5.74, 6) is 2.85. The summed E-state index contributed by atoms with van der Waals surface area (Å²) in [6, 6.07) is 5.49. The molecule has 0 aliphatic heterocycles. The molecule has 0 amide bonds. The minimum absolute atomic E-state index is 0.359. The fraction of sp³-hybridized carbons (Fsp3) is 0.467. The van der Waals surface area contributed by atoms with Crippen molar-refractivity contribution in [1.82, 2.24) is 10.1 Å². The lowest BCUT2D eigenvalue weighted by molar-refractivity contribution is 0.350. The van der Waals surface area contributed by atoms with Gasteiger partial charge in [0.05, 0.1) is 14.2 Å². The van der Waals surface area contributed by atoms with Crippen LogP contribution in [-0.4, -0.2) is 30.9 Å². The van der Waals surface area contributed by atoms with Crippen molar-refractivity contribution in [2.75, 3.05) is 20.8 Å². The number of nitrogens with two attached hydrogens (primary N) is 1. The van der Waals surface area contributed by atoms with Gasteiger partial charge in [0.1, 0.15) is 11.5 Å². The fourth-order valence-electron chi connectivity index (χ4n) is 2.03. The second-order valence-corrected chi connectivity index (χ2v) is 4.83. The lowest BCUT2D eigenvalue weighted by atomic mass is 10.0. The van der Waals surface area contributed by atoms with Gasteiger partial charge in [-0.25, -0.2) is 0 Å². The topological polar surface area (TPSA) is 83.4 Å². The molecule has 1 aromatic carbocycles. The zero-order valence-electron chi connectivity index (χ0n) is 12.6. The highest BCUT2D eigenvalue weighted by atomic mass is 16.5. The van der Waals surface area contributed by atoms with Crippen LogP contribution in [0, 0.1) is 5.92 Å². The highest BCUT2D eigenvalue weighted by Gasteiger charge is 2.14. The molecule has 1 heterocycles. The Morgan fingerprint density at radius 3 is 2.38 bits per heavy atom. The zero-order chi connectivity index (χ0) is 15.2. The second kappa shape index (κ2) is 7.08. The Morgan fingerprint density at radius 1 is 1.19 bits per heavy atom. The average Bonchev–Trinajstić information content (AvgIpc) is 3.00. The third-order valence-electron chi connectivity index (χ3n) is 3.45. The molecule has 6 nitrogen and oxygen atoms in total. The smallest absolute Gasteiger partial charge is 0.227 e.